The molecule has 0 aromatic carbocycles. The zero-order valence-electron chi connectivity index (χ0n) is 5.78. The minimum Gasteiger partial charge on any atom is -0.286 e. The van der Waals surface area contributed by atoms with Crippen LogP contribution in [0, 0.1) is 0 Å². The summed E-state index contributed by atoms with van der Waals surface area (Å²) in [6.45, 7) is 2.06. The van der Waals surface area contributed by atoms with Crippen molar-refractivity contribution in [1.82, 2.24) is 10.4 Å². The van der Waals surface area contributed by atoms with Crippen LogP contribution in [0.3, 0.4) is 0 Å². The first-order valence-corrected chi connectivity index (χ1v) is 3.29. The number of nitrogens with one attached hydrogen (secondary N) is 1. The fraction of sp³-hybridized carbons (Fsp3) is 0.286. The molecule has 0 amide bonds. The van der Waals surface area contributed by atoms with E-state index in [1.165, 1.54) is 5.57 Å². The Morgan fingerprint density at radius 2 is 2.60 bits per heavy atom. The van der Waals surface area contributed by atoms with Gasteiger partial charge in [-0.15, -0.1) is 0 Å². The normalized spacial score (nSPS) is 27.9. The van der Waals surface area contributed by atoms with Crippen molar-refractivity contribution in [2.75, 3.05) is 0 Å². The van der Waals surface area contributed by atoms with Crippen molar-refractivity contribution in [3.63, 3.8) is 0 Å². The minimum absolute atomic E-state index is 0.184. The Balaban J connectivity index is 2.25. The molecule has 52 valence electrons. The summed E-state index contributed by atoms with van der Waals surface area (Å²) in [6, 6.07) is 0. The zero-order chi connectivity index (χ0) is 6.97. The smallest absolute Gasteiger partial charge is 0.159 e. The lowest BCUT2D eigenvalue weighted by atomic mass is 10.2. The summed E-state index contributed by atoms with van der Waals surface area (Å²) in [5.41, 5.74) is 4.25. The molecule has 0 unspecified atom stereocenters. The summed E-state index contributed by atoms with van der Waals surface area (Å²) in [4.78, 5) is 4.15. The van der Waals surface area contributed by atoms with E-state index >= 15 is 0 Å². The quantitative estimate of drug-likeness (QED) is 0.527. The van der Waals surface area contributed by atoms with Gasteiger partial charge in [0.05, 0.1) is 0 Å². The third-order valence-corrected chi connectivity index (χ3v) is 1.59. The molecule has 2 rings (SSSR count). The molecule has 0 fully saturated rings. The Morgan fingerprint density at radius 1 is 1.70 bits per heavy atom. The molecule has 2 aliphatic heterocycles. The van der Waals surface area contributed by atoms with E-state index in [2.05, 4.69) is 29.5 Å². The van der Waals surface area contributed by atoms with Gasteiger partial charge >= 0.3 is 0 Å². The lowest BCUT2D eigenvalue weighted by Gasteiger charge is -2.21. The molecule has 1 atom stereocenters. The van der Waals surface area contributed by atoms with Crippen molar-refractivity contribution >= 4 is 6.34 Å². The number of hydrazine groups is 1. The highest BCUT2D eigenvalue weighted by Crippen LogP contribution is 2.13. The molecule has 0 spiro atoms. The summed E-state index contributed by atoms with van der Waals surface area (Å²) in [5, 5.41) is 1.97. The Labute approximate surface area is 59.7 Å². The van der Waals surface area contributed by atoms with E-state index in [1.54, 1.807) is 6.34 Å². The fourth-order valence-electron chi connectivity index (χ4n) is 1.08. The average Bonchev–Trinajstić information content (AvgIpc) is 2.33. The Hall–Kier alpha value is -1.25. The van der Waals surface area contributed by atoms with Gasteiger partial charge in [0.1, 0.15) is 6.34 Å². The molecule has 2 heterocycles. The maximum absolute atomic E-state index is 4.15. The molecule has 0 aromatic heterocycles. The van der Waals surface area contributed by atoms with E-state index in [9.17, 15) is 0 Å². The second-order valence-electron chi connectivity index (χ2n) is 2.46. The van der Waals surface area contributed by atoms with Crippen LogP contribution in [-0.2, 0) is 0 Å². The van der Waals surface area contributed by atoms with Crippen LogP contribution in [0.5, 0.6) is 0 Å². The molecule has 0 bridgehead atoms. The Bertz CT molecular complexity index is 227. The number of allylic oxidation sites excluding steroid dienone is 2. The second-order valence-corrected chi connectivity index (χ2v) is 2.46. The van der Waals surface area contributed by atoms with Gasteiger partial charge in [-0.1, -0.05) is 6.08 Å². The van der Waals surface area contributed by atoms with Crippen molar-refractivity contribution in [1.29, 1.82) is 0 Å². The zero-order valence-corrected chi connectivity index (χ0v) is 5.78. The minimum atomic E-state index is 0.184. The van der Waals surface area contributed by atoms with Crippen molar-refractivity contribution in [2.24, 2.45) is 4.99 Å². The van der Waals surface area contributed by atoms with Crippen LogP contribution in [-0.4, -0.2) is 17.5 Å². The van der Waals surface area contributed by atoms with Crippen LogP contribution in [0.2, 0.25) is 0 Å². The topological polar surface area (TPSA) is 27.6 Å². The lowest BCUT2D eigenvalue weighted by molar-refractivity contribution is 0.313. The van der Waals surface area contributed by atoms with Gasteiger partial charge in [0.25, 0.3) is 0 Å². The molecule has 3 heteroatoms. The van der Waals surface area contributed by atoms with E-state index < -0.39 is 0 Å². The van der Waals surface area contributed by atoms with E-state index in [4.69, 9.17) is 0 Å². The van der Waals surface area contributed by atoms with Gasteiger partial charge in [-0.25, -0.2) is 4.99 Å². The van der Waals surface area contributed by atoms with Crippen molar-refractivity contribution < 1.29 is 0 Å². The lowest BCUT2D eigenvalue weighted by Crippen LogP contribution is -2.33. The van der Waals surface area contributed by atoms with Crippen LogP contribution in [0.4, 0.5) is 0 Å². The van der Waals surface area contributed by atoms with E-state index in [1.807, 2.05) is 11.2 Å². The molecule has 0 saturated carbocycles. The maximum Gasteiger partial charge on any atom is 0.159 e. The van der Waals surface area contributed by atoms with Gasteiger partial charge < -0.3 is 0 Å². The predicted molar refractivity (Wildman–Crippen MR) is 40.2 cm³/mol. The first-order valence-electron chi connectivity index (χ1n) is 3.29. The van der Waals surface area contributed by atoms with Gasteiger partial charge in [0, 0.05) is 6.20 Å². The average molecular weight is 135 g/mol. The summed E-state index contributed by atoms with van der Waals surface area (Å²) in [5.74, 6) is 0. The molecule has 1 N–H and O–H groups in total. The van der Waals surface area contributed by atoms with Crippen LogP contribution < -0.4 is 5.43 Å². The standard InChI is InChI=1S/C7H9N3/c1-6-2-3-7-8-5-9-10(7)4-6/h2-5,7H,1H3,(H,8,9)/t7-/m1/s1. The molecule has 0 radical (unpaired) electrons. The van der Waals surface area contributed by atoms with Crippen molar-refractivity contribution in [3.05, 3.63) is 23.9 Å². The number of hydrogen-bond acceptors (Lipinski definition) is 3. The summed E-state index contributed by atoms with van der Waals surface area (Å²) >= 11 is 0. The third kappa shape index (κ3) is 0.708. The molecule has 10 heavy (non-hydrogen) atoms. The highest BCUT2D eigenvalue weighted by Gasteiger charge is 2.16. The Kier molecular flexibility index (Phi) is 1.03. The Morgan fingerprint density at radius 3 is 3.50 bits per heavy atom. The largest absolute Gasteiger partial charge is 0.286 e. The van der Waals surface area contributed by atoms with E-state index in [-0.39, 0.29) is 6.17 Å². The highest BCUT2D eigenvalue weighted by atomic mass is 15.6. The van der Waals surface area contributed by atoms with Gasteiger partial charge in [-0.3, -0.25) is 10.4 Å². The number of fused-ring (bicyclic) bond motifs is 1. The first-order chi connectivity index (χ1) is 4.86. The number of aliphatic imine (C=N–C) groups is 1. The van der Waals surface area contributed by atoms with Crippen molar-refractivity contribution in [2.45, 2.75) is 13.1 Å². The molecule has 0 aromatic rings. The fourth-order valence-corrected chi connectivity index (χ4v) is 1.08. The molecule has 0 saturated heterocycles. The SMILES string of the molecule is CC1=CN2NC=N[C@H]2C=C1. The highest BCUT2D eigenvalue weighted by molar-refractivity contribution is 5.57. The van der Waals surface area contributed by atoms with Gasteiger partial charge in [-0.05, 0) is 18.6 Å². The molecule has 0 aliphatic carbocycles. The summed E-state index contributed by atoms with van der Waals surface area (Å²) < 4.78 is 0. The summed E-state index contributed by atoms with van der Waals surface area (Å²) in [7, 11) is 0. The molecular weight excluding hydrogens is 126 g/mol. The predicted octanol–water partition coefficient (Wildman–Crippen LogP) is 0.635. The second kappa shape index (κ2) is 1.87. The third-order valence-electron chi connectivity index (χ3n) is 1.59. The van der Waals surface area contributed by atoms with Gasteiger partial charge in [-0.2, -0.15) is 0 Å². The van der Waals surface area contributed by atoms with E-state index in [0.717, 1.165) is 0 Å². The number of rotatable bonds is 0. The van der Waals surface area contributed by atoms with Crippen LogP contribution in [0.15, 0.2) is 28.9 Å². The van der Waals surface area contributed by atoms with Crippen molar-refractivity contribution in [3.8, 4) is 0 Å². The van der Waals surface area contributed by atoms with Crippen LogP contribution in [0.25, 0.3) is 0 Å². The molecular formula is C7H9N3. The first kappa shape index (κ1) is 5.53. The maximum atomic E-state index is 4.15. The van der Waals surface area contributed by atoms with E-state index in [0.29, 0.717) is 0 Å². The summed E-state index contributed by atoms with van der Waals surface area (Å²) in [6.07, 6.45) is 8.07. The molecule has 2 aliphatic rings. The number of nitrogens with zero attached hydrogens (tertiary/aromatic N) is 2. The van der Waals surface area contributed by atoms with Crippen LogP contribution in [0.1, 0.15) is 6.92 Å². The van der Waals surface area contributed by atoms with Crippen LogP contribution >= 0.6 is 0 Å². The van der Waals surface area contributed by atoms with Gasteiger partial charge in [0.2, 0.25) is 0 Å². The monoisotopic (exact) mass is 135 g/mol. The number of hydrogen-bond donors (Lipinski definition) is 1. The van der Waals surface area contributed by atoms with Gasteiger partial charge in [0.15, 0.2) is 6.17 Å². The molecule has 3 nitrogen and oxygen atoms in total.